The fourth-order valence-electron chi connectivity index (χ4n) is 2.47. The molecule has 2 aromatic rings. The van der Waals surface area contributed by atoms with Crippen molar-refractivity contribution in [2.45, 2.75) is 32.6 Å². The van der Waals surface area contributed by atoms with Crippen LogP contribution in [0.25, 0.3) is 5.69 Å². The van der Waals surface area contributed by atoms with Crippen molar-refractivity contribution in [2.75, 3.05) is 13.2 Å². The lowest BCUT2D eigenvalue weighted by Crippen LogP contribution is -2.16. The molecule has 21 heavy (non-hydrogen) atoms. The lowest BCUT2D eigenvalue weighted by Gasteiger charge is -2.21. The van der Waals surface area contributed by atoms with Gasteiger partial charge in [-0.25, -0.2) is 0 Å². The van der Waals surface area contributed by atoms with E-state index in [2.05, 4.69) is 30.3 Å². The van der Waals surface area contributed by atoms with E-state index >= 15 is 0 Å². The molecule has 1 aliphatic heterocycles. The average molecular weight is 304 g/mol. The Kier molecular flexibility index (Phi) is 3.53. The zero-order chi connectivity index (χ0) is 15.0. The lowest BCUT2D eigenvalue weighted by molar-refractivity contribution is 0.297. The number of nitrogens with one attached hydrogen (secondary N) is 1. The van der Waals surface area contributed by atoms with E-state index in [1.807, 2.05) is 24.4 Å². The van der Waals surface area contributed by atoms with E-state index in [1.54, 1.807) is 0 Å². The van der Waals surface area contributed by atoms with Gasteiger partial charge < -0.3 is 14.5 Å². The summed E-state index contributed by atoms with van der Waals surface area (Å²) in [6.45, 7) is 7.89. The van der Waals surface area contributed by atoms with Crippen LogP contribution in [0.2, 0.25) is 0 Å². The van der Waals surface area contributed by atoms with E-state index in [4.69, 9.17) is 21.7 Å². The molecule has 0 atom stereocenters. The highest BCUT2D eigenvalue weighted by atomic mass is 32.1. The molecule has 3 rings (SSSR count). The largest absolute Gasteiger partial charge is 0.490 e. The van der Waals surface area contributed by atoms with Crippen molar-refractivity contribution < 1.29 is 9.47 Å². The molecular weight excluding hydrogens is 284 g/mol. The van der Waals surface area contributed by atoms with Crippen molar-refractivity contribution in [3.05, 3.63) is 34.9 Å². The number of H-pyrrole nitrogens is 1. The summed E-state index contributed by atoms with van der Waals surface area (Å²) in [6, 6.07) is 5.98. The molecule has 0 radical (unpaired) electrons. The number of nitrogens with zero attached hydrogens (tertiary/aromatic N) is 1. The van der Waals surface area contributed by atoms with Crippen LogP contribution in [0.4, 0.5) is 0 Å². The van der Waals surface area contributed by atoms with Crippen molar-refractivity contribution in [1.82, 2.24) is 9.55 Å². The van der Waals surface area contributed by atoms with Crippen molar-refractivity contribution in [3.8, 4) is 17.2 Å². The molecule has 1 aromatic heterocycles. The van der Waals surface area contributed by atoms with Crippen LogP contribution in [0.15, 0.2) is 24.4 Å². The molecule has 1 N–H and O–H groups in total. The van der Waals surface area contributed by atoms with Gasteiger partial charge in [0.15, 0.2) is 16.3 Å². The highest BCUT2D eigenvalue weighted by Crippen LogP contribution is 2.33. The van der Waals surface area contributed by atoms with Gasteiger partial charge >= 0.3 is 0 Å². The van der Waals surface area contributed by atoms with E-state index in [0.717, 1.165) is 29.3 Å². The van der Waals surface area contributed by atoms with Crippen LogP contribution in [0.1, 0.15) is 32.9 Å². The van der Waals surface area contributed by atoms with Gasteiger partial charge in [-0.3, -0.25) is 4.57 Å². The molecule has 4 nitrogen and oxygen atoms in total. The van der Waals surface area contributed by atoms with Crippen molar-refractivity contribution >= 4 is 12.2 Å². The molecule has 1 aliphatic rings. The first kappa shape index (κ1) is 14.2. The minimum Gasteiger partial charge on any atom is -0.490 e. The Balaban J connectivity index is 2.12. The predicted octanol–water partition coefficient (Wildman–Crippen LogP) is 3.99. The molecule has 2 heterocycles. The van der Waals surface area contributed by atoms with Crippen LogP contribution in [-0.2, 0) is 5.41 Å². The summed E-state index contributed by atoms with van der Waals surface area (Å²) < 4.78 is 14.2. The third kappa shape index (κ3) is 2.70. The van der Waals surface area contributed by atoms with Crippen LogP contribution < -0.4 is 9.47 Å². The van der Waals surface area contributed by atoms with E-state index in [9.17, 15) is 0 Å². The van der Waals surface area contributed by atoms with Gasteiger partial charge in [0.25, 0.3) is 0 Å². The van der Waals surface area contributed by atoms with Crippen LogP contribution in [-0.4, -0.2) is 22.8 Å². The number of hydrogen-bond donors (Lipinski definition) is 1. The molecule has 5 heteroatoms. The van der Waals surface area contributed by atoms with Gasteiger partial charge in [0.2, 0.25) is 0 Å². The third-order valence-corrected chi connectivity index (χ3v) is 3.83. The molecule has 0 aliphatic carbocycles. The number of rotatable bonds is 1. The summed E-state index contributed by atoms with van der Waals surface area (Å²) in [5.41, 5.74) is 2.13. The Morgan fingerprint density at radius 1 is 1.14 bits per heavy atom. The van der Waals surface area contributed by atoms with Gasteiger partial charge in [0, 0.05) is 29.8 Å². The Hall–Kier alpha value is -1.75. The fourth-order valence-corrected chi connectivity index (χ4v) is 2.73. The zero-order valence-corrected chi connectivity index (χ0v) is 13.4. The maximum atomic E-state index is 5.77. The van der Waals surface area contributed by atoms with Crippen molar-refractivity contribution in [2.24, 2.45) is 0 Å². The van der Waals surface area contributed by atoms with E-state index in [-0.39, 0.29) is 5.41 Å². The molecule has 0 fully saturated rings. The van der Waals surface area contributed by atoms with Crippen LogP contribution >= 0.6 is 12.2 Å². The maximum Gasteiger partial charge on any atom is 0.182 e. The molecule has 0 unspecified atom stereocenters. The van der Waals surface area contributed by atoms with Gasteiger partial charge in [-0.05, 0) is 24.4 Å². The minimum atomic E-state index is -0.00227. The number of hydrogen-bond acceptors (Lipinski definition) is 3. The molecule has 0 amide bonds. The molecular formula is C16H20N2O2S. The maximum absolute atomic E-state index is 5.77. The molecule has 1 aromatic carbocycles. The fraction of sp³-hybridized carbons (Fsp3) is 0.438. The van der Waals surface area contributed by atoms with Crippen molar-refractivity contribution in [1.29, 1.82) is 0 Å². The Morgan fingerprint density at radius 3 is 2.57 bits per heavy atom. The second-order valence-corrected chi connectivity index (χ2v) is 6.63. The monoisotopic (exact) mass is 304 g/mol. The Bertz CT molecular complexity index is 710. The molecule has 0 spiro atoms. The summed E-state index contributed by atoms with van der Waals surface area (Å²) in [6.07, 6.45) is 2.88. The van der Waals surface area contributed by atoms with E-state index in [1.165, 1.54) is 0 Å². The number of aromatic nitrogens is 2. The number of aromatic amines is 1. The average Bonchev–Trinajstić information content (AvgIpc) is 2.68. The zero-order valence-electron chi connectivity index (χ0n) is 12.6. The second kappa shape index (κ2) is 5.22. The summed E-state index contributed by atoms with van der Waals surface area (Å²) >= 11 is 5.44. The summed E-state index contributed by atoms with van der Waals surface area (Å²) in [4.78, 5) is 3.14. The minimum absolute atomic E-state index is 0.00227. The third-order valence-electron chi connectivity index (χ3n) is 3.53. The quantitative estimate of drug-likeness (QED) is 0.810. The second-order valence-electron chi connectivity index (χ2n) is 6.25. The van der Waals surface area contributed by atoms with Gasteiger partial charge in [0.1, 0.15) is 0 Å². The summed E-state index contributed by atoms with van der Waals surface area (Å²) in [5.74, 6) is 1.59. The molecule has 112 valence electrons. The molecule has 0 saturated carbocycles. The number of fused-ring (bicyclic) bond motifs is 1. The number of imidazole rings is 1. The lowest BCUT2D eigenvalue weighted by atomic mass is 9.92. The van der Waals surface area contributed by atoms with E-state index in [0.29, 0.717) is 18.0 Å². The van der Waals surface area contributed by atoms with Gasteiger partial charge in [0.05, 0.1) is 18.9 Å². The predicted molar refractivity (Wildman–Crippen MR) is 85.3 cm³/mol. The SMILES string of the molecule is CC(C)(C)c1c[nH]c(=S)n1-c1ccc2c(c1)OCCCO2. The summed E-state index contributed by atoms with van der Waals surface area (Å²) in [7, 11) is 0. The number of ether oxygens (including phenoxy) is 2. The smallest absolute Gasteiger partial charge is 0.182 e. The first-order valence-electron chi connectivity index (χ1n) is 7.18. The van der Waals surface area contributed by atoms with E-state index < -0.39 is 0 Å². The highest BCUT2D eigenvalue weighted by molar-refractivity contribution is 7.71. The van der Waals surface area contributed by atoms with Crippen molar-refractivity contribution in [3.63, 3.8) is 0 Å². The summed E-state index contributed by atoms with van der Waals surface area (Å²) in [5, 5.41) is 0. The van der Waals surface area contributed by atoms with Gasteiger partial charge in [-0.15, -0.1) is 0 Å². The number of benzene rings is 1. The van der Waals surface area contributed by atoms with Crippen LogP contribution in [0, 0.1) is 4.77 Å². The topological polar surface area (TPSA) is 39.2 Å². The Morgan fingerprint density at radius 2 is 1.86 bits per heavy atom. The standard InChI is InChI=1S/C16H20N2O2S/c1-16(2,3)14-10-17-15(21)18(14)11-5-6-12-13(9-11)20-8-4-7-19-12/h5-6,9-10H,4,7-8H2,1-3H3,(H,17,21). The van der Waals surface area contributed by atoms with Crippen LogP contribution in [0.3, 0.4) is 0 Å². The normalized spacial score (nSPS) is 14.8. The first-order chi connectivity index (χ1) is 9.97. The molecule has 0 bridgehead atoms. The highest BCUT2D eigenvalue weighted by Gasteiger charge is 2.21. The van der Waals surface area contributed by atoms with Gasteiger partial charge in [-0.2, -0.15) is 0 Å². The Labute approximate surface area is 129 Å². The molecule has 0 saturated heterocycles. The first-order valence-corrected chi connectivity index (χ1v) is 7.58. The van der Waals surface area contributed by atoms with Crippen LogP contribution in [0.5, 0.6) is 11.5 Å². The van der Waals surface area contributed by atoms with Gasteiger partial charge in [-0.1, -0.05) is 20.8 Å².